The highest BCUT2D eigenvalue weighted by atomic mass is 32.2. The number of aliphatic hydroxyl groups is 1. The minimum Gasteiger partial charge on any atom is -0.392 e. The van der Waals surface area contributed by atoms with E-state index in [9.17, 15) is 14.7 Å². The maximum absolute atomic E-state index is 12.4. The molecule has 0 spiro atoms. The Bertz CT molecular complexity index is 1450. The number of anilines is 1. The zero-order valence-corrected chi connectivity index (χ0v) is 23.8. The SMILES string of the molecule is O=C(CCCC(=O)Nc1cccc([C@@H]2O[C@H](CSc3nc4ccccc4s3)C[C@H](c3ccc(CO)cc3)O2)c1)NO. The molecule has 5 rings (SSSR count). The second-order valence-electron chi connectivity index (χ2n) is 9.67. The summed E-state index contributed by atoms with van der Waals surface area (Å²) in [6.45, 7) is -0.0217. The molecule has 1 fully saturated rings. The fourth-order valence-corrected chi connectivity index (χ4v) is 6.66. The molecular formula is C30H31N3O6S2. The molecule has 3 aromatic carbocycles. The minimum atomic E-state index is -0.655. The first-order valence-corrected chi connectivity index (χ1v) is 15.1. The third-order valence-corrected chi connectivity index (χ3v) is 8.97. The fourth-order valence-electron chi connectivity index (χ4n) is 4.55. The molecule has 4 N–H and O–H groups in total. The van der Waals surface area contributed by atoms with E-state index in [1.54, 1.807) is 34.6 Å². The summed E-state index contributed by atoms with van der Waals surface area (Å²) in [4.78, 5) is 28.3. The van der Waals surface area contributed by atoms with E-state index in [2.05, 4.69) is 11.4 Å². The van der Waals surface area contributed by atoms with Crippen molar-refractivity contribution in [1.82, 2.24) is 10.5 Å². The van der Waals surface area contributed by atoms with Crippen LogP contribution in [0.2, 0.25) is 0 Å². The molecule has 4 aromatic rings. The summed E-state index contributed by atoms with van der Waals surface area (Å²) in [6.07, 6.45) is 0.179. The minimum absolute atomic E-state index is 0.0217. The summed E-state index contributed by atoms with van der Waals surface area (Å²) in [6, 6.07) is 23.2. The molecule has 2 amide bonds. The lowest BCUT2D eigenvalue weighted by atomic mass is 10.0. The standard InChI is InChI=1S/C30H31N3O6S2/c34-17-19-11-13-20(14-12-19)25-16-23(18-40-30-32-24-7-1-2-8-26(24)41-30)38-29(39-25)21-5-3-6-22(15-21)31-27(35)9-4-10-28(36)33-37/h1-3,5-8,11-15,23,25,29,34,37H,4,9-10,16-18H2,(H,31,35)(H,33,36)/t23-,25+,29+/m0/s1. The van der Waals surface area contributed by atoms with Gasteiger partial charge in [-0.15, -0.1) is 11.3 Å². The van der Waals surface area contributed by atoms with Crippen molar-refractivity contribution in [3.05, 3.63) is 89.5 Å². The zero-order valence-electron chi connectivity index (χ0n) is 22.2. The highest BCUT2D eigenvalue weighted by molar-refractivity contribution is 8.01. The number of carbonyl (C=O) groups is 2. The monoisotopic (exact) mass is 593 g/mol. The summed E-state index contributed by atoms with van der Waals surface area (Å²) in [5.41, 5.74) is 5.76. The van der Waals surface area contributed by atoms with Crippen molar-refractivity contribution in [2.24, 2.45) is 0 Å². The summed E-state index contributed by atoms with van der Waals surface area (Å²) in [5, 5.41) is 20.9. The van der Waals surface area contributed by atoms with Gasteiger partial charge in [-0.05, 0) is 41.8 Å². The van der Waals surface area contributed by atoms with Crippen LogP contribution in [0.25, 0.3) is 10.2 Å². The number of aromatic nitrogens is 1. The van der Waals surface area contributed by atoms with Crippen molar-refractivity contribution in [3.8, 4) is 0 Å². The summed E-state index contributed by atoms with van der Waals surface area (Å²) >= 11 is 3.34. The Morgan fingerprint density at radius 1 is 0.976 bits per heavy atom. The van der Waals surface area contributed by atoms with Crippen molar-refractivity contribution >= 4 is 50.8 Å². The lowest BCUT2D eigenvalue weighted by Crippen LogP contribution is -2.31. The number of benzene rings is 3. The fraction of sp³-hybridized carbons (Fsp3) is 0.300. The van der Waals surface area contributed by atoms with E-state index in [1.165, 1.54) is 0 Å². The number of para-hydroxylation sites is 1. The summed E-state index contributed by atoms with van der Waals surface area (Å²) < 4.78 is 15.0. The lowest BCUT2D eigenvalue weighted by molar-refractivity contribution is -0.245. The van der Waals surface area contributed by atoms with E-state index in [1.807, 2.05) is 60.7 Å². The Hall–Kier alpha value is -3.32. The van der Waals surface area contributed by atoms with Gasteiger partial charge in [0.1, 0.15) is 0 Å². The smallest absolute Gasteiger partial charge is 0.243 e. The number of nitrogens with zero attached hydrogens (tertiary/aromatic N) is 1. The molecule has 11 heteroatoms. The van der Waals surface area contributed by atoms with Gasteiger partial charge < -0.3 is 19.9 Å². The number of hydroxylamine groups is 1. The van der Waals surface area contributed by atoms with Gasteiger partial charge in [-0.3, -0.25) is 14.8 Å². The molecule has 0 radical (unpaired) electrons. The van der Waals surface area contributed by atoms with Gasteiger partial charge in [0.2, 0.25) is 11.8 Å². The normalized spacial score (nSPS) is 18.7. The quantitative estimate of drug-likeness (QED) is 0.0984. The van der Waals surface area contributed by atoms with E-state index < -0.39 is 12.2 Å². The molecule has 214 valence electrons. The molecule has 1 aliphatic heterocycles. The van der Waals surface area contributed by atoms with Crippen LogP contribution in [0.4, 0.5) is 5.69 Å². The molecule has 41 heavy (non-hydrogen) atoms. The molecule has 1 aromatic heterocycles. The molecule has 0 saturated carbocycles. The molecule has 0 bridgehead atoms. The van der Waals surface area contributed by atoms with E-state index in [0.717, 1.165) is 31.2 Å². The predicted octanol–water partition coefficient (Wildman–Crippen LogP) is 5.74. The number of thiazole rings is 1. The van der Waals surface area contributed by atoms with Crippen LogP contribution in [0.1, 0.15) is 54.8 Å². The Kier molecular flexibility index (Phi) is 9.99. The summed E-state index contributed by atoms with van der Waals surface area (Å²) in [5.74, 6) is -0.0592. The highest BCUT2D eigenvalue weighted by Crippen LogP contribution is 2.40. The lowest BCUT2D eigenvalue weighted by Gasteiger charge is -2.36. The molecule has 1 aliphatic rings. The average Bonchev–Trinajstić information content (AvgIpc) is 3.43. The van der Waals surface area contributed by atoms with Crippen LogP contribution in [0.15, 0.2) is 77.1 Å². The first-order chi connectivity index (χ1) is 20.0. The Labute approximate surface area is 245 Å². The Morgan fingerprint density at radius 3 is 2.56 bits per heavy atom. The Morgan fingerprint density at radius 2 is 1.78 bits per heavy atom. The largest absolute Gasteiger partial charge is 0.392 e. The van der Waals surface area contributed by atoms with Crippen molar-refractivity contribution in [3.63, 3.8) is 0 Å². The highest BCUT2D eigenvalue weighted by Gasteiger charge is 2.32. The first-order valence-electron chi connectivity index (χ1n) is 13.3. The van der Waals surface area contributed by atoms with Crippen LogP contribution in [0.3, 0.4) is 0 Å². The molecule has 9 nitrogen and oxygen atoms in total. The van der Waals surface area contributed by atoms with Crippen LogP contribution in [-0.4, -0.2) is 39.0 Å². The number of thioether (sulfide) groups is 1. The van der Waals surface area contributed by atoms with Gasteiger partial charge in [0, 0.05) is 36.3 Å². The number of amides is 2. The third-order valence-electron chi connectivity index (χ3n) is 6.66. The molecule has 0 aliphatic carbocycles. The van der Waals surface area contributed by atoms with Crippen molar-refractivity contribution < 1.29 is 29.4 Å². The van der Waals surface area contributed by atoms with Crippen molar-refractivity contribution in [2.75, 3.05) is 11.1 Å². The number of hydrogen-bond acceptors (Lipinski definition) is 9. The number of hydrogen-bond donors (Lipinski definition) is 4. The average molecular weight is 594 g/mol. The van der Waals surface area contributed by atoms with Gasteiger partial charge in [0.05, 0.1) is 29.0 Å². The first kappa shape index (κ1) is 29.2. The number of carbonyl (C=O) groups excluding carboxylic acids is 2. The predicted molar refractivity (Wildman–Crippen MR) is 158 cm³/mol. The maximum atomic E-state index is 12.4. The summed E-state index contributed by atoms with van der Waals surface area (Å²) in [7, 11) is 0. The van der Waals surface area contributed by atoms with Crippen molar-refractivity contribution in [1.29, 1.82) is 0 Å². The van der Waals surface area contributed by atoms with E-state index in [4.69, 9.17) is 19.7 Å². The van der Waals surface area contributed by atoms with Crippen LogP contribution in [0.5, 0.6) is 0 Å². The number of ether oxygens (including phenoxy) is 2. The Balaban J connectivity index is 1.29. The zero-order chi connectivity index (χ0) is 28.6. The molecular weight excluding hydrogens is 562 g/mol. The topological polar surface area (TPSA) is 130 Å². The van der Waals surface area contributed by atoms with E-state index in [0.29, 0.717) is 24.3 Å². The molecule has 1 saturated heterocycles. The van der Waals surface area contributed by atoms with Gasteiger partial charge in [-0.2, -0.15) is 0 Å². The maximum Gasteiger partial charge on any atom is 0.243 e. The van der Waals surface area contributed by atoms with Gasteiger partial charge in [0.15, 0.2) is 10.6 Å². The van der Waals surface area contributed by atoms with Gasteiger partial charge in [0.25, 0.3) is 0 Å². The van der Waals surface area contributed by atoms with Crippen LogP contribution in [-0.2, 0) is 25.7 Å². The van der Waals surface area contributed by atoms with Crippen LogP contribution < -0.4 is 10.8 Å². The van der Waals surface area contributed by atoms with E-state index in [-0.39, 0.29) is 37.6 Å². The molecule has 0 unspecified atom stereocenters. The number of rotatable bonds is 11. The number of nitrogens with one attached hydrogen (secondary N) is 2. The number of fused-ring (bicyclic) bond motifs is 1. The van der Waals surface area contributed by atoms with Gasteiger partial charge in [-0.1, -0.05) is 60.3 Å². The van der Waals surface area contributed by atoms with Gasteiger partial charge >= 0.3 is 0 Å². The van der Waals surface area contributed by atoms with Crippen LogP contribution >= 0.6 is 23.1 Å². The second-order valence-corrected chi connectivity index (χ2v) is 12.0. The molecule has 3 atom stereocenters. The molecule has 2 heterocycles. The van der Waals surface area contributed by atoms with Gasteiger partial charge in [-0.25, -0.2) is 10.5 Å². The van der Waals surface area contributed by atoms with E-state index >= 15 is 0 Å². The van der Waals surface area contributed by atoms with Crippen LogP contribution in [0, 0.1) is 0 Å². The number of aliphatic hydroxyl groups excluding tert-OH is 1. The second kappa shape index (κ2) is 14.0. The third kappa shape index (κ3) is 7.91. The van der Waals surface area contributed by atoms with Crippen molar-refractivity contribution in [2.45, 2.75) is 55.1 Å².